The molecule has 2 aliphatic rings. The minimum absolute atomic E-state index is 0.0707. The van der Waals surface area contributed by atoms with Crippen molar-refractivity contribution < 1.29 is 4.79 Å². The first kappa shape index (κ1) is 19.4. The van der Waals surface area contributed by atoms with Crippen LogP contribution in [0.4, 0.5) is 16.6 Å². The molecule has 0 aromatic carbocycles. The summed E-state index contributed by atoms with van der Waals surface area (Å²) in [4.78, 5) is 30.6. The molecule has 0 radical (unpaired) electrons. The average Bonchev–Trinajstić information content (AvgIpc) is 3.27. The number of nitrogens with zero attached hydrogens (tertiary/aromatic N) is 5. The van der Waals surface area contributed by atoms with Crippen molar-refractivity contribution in [1.82, 2.24) is 25.2 Å². The van der Waals surface area contributed by atoms with Crippen LogP contribution in [0.2, 0.25) is 0 Å². The molecule has 4 rings (SSSR count). The number of carbonyl (C=O) groups excluding carboxylic acids is 1. The Balaban J connectivity index is 1.50. The molecule has 0 unspecified atom stereocenters. The Morgan fingerprint density at radius 3 is 2.76 bits per heavy atom. The third-order valence-corrected chi connectivity index (χ3v) is 5.32. The number of hydrogen-bond acceptors (Lipinski definition) is 6. The fourth-order valence-corrected chi connectivity index (χ4v) is 3.82. The van der Waals surface area contributed by atoms with Crippen LogP contribution in [0.5, 0.6) is 0 Å². The zero-order valence-electron chi connectivity index (χ0n) is 17.2. The lowest BCUT2D eigenvalue weighted by Crippen LogP contribution is -2.43. The number of fused-ring (bicyclic) bond motifs is 1. The minimum atomic E-state index is -0.0707. The van der Waals surface area contributed by atoms with Crippen LogP contribution >= 0.6 is 0 Å². The SMILES string of the molecule is CC(C)Nc1nc(N2CCCC2)nc2c1CN(C(=O)NCc1cccnc1)CC2. The topological polar surface area (TPSA) is 86.3 Å². The first-order valence-electron chi connectivity index (χ1n) is 10.4. The van der Waals surface area contributed by atoms with E-state index in [1.807, 2.05) is 17.0 Å². The predicted molar refractivity (Wildman–Crippen MR) is 113 cm³/mol. The maximum atomic E-state index is 12.7. The molecule has 0 bridgehead atoms. The summed E-state index contributed by atoms with van der Waals surface area (Å²) in [6, 6.07) is 4.02. The van der Waals surface area contributed by atoms with Gasteiger partial charge in [-0.15, -0.1) is 0 Å². The molecule has 1 fully saturated rings. The van der Waals surface area contributed by atoms with E-state index < -0.39 is 0 Å². The molecule has 8 nitrogen and oxygen atoms in total. The van der Waals surface area contributed by atoms with E-state index in [2.05, 4.69) is 34.4 Å². The summed E-state index contributed by atoms with van der Waals surface area (Å²) in [5, 5.41) is 6.46. The average molecular weight is 396 g/mol. The van der Waals surface area contributed by atoms with Crippen LogP contribution in [0.15, 0.2) is 24.5 Å². The summed E-state index contributed by atoms with van der Waals surface area (Å²) in [5.41, 5.74) is 3.07. The lowest BCUT2D eigenvalue weighted by molar-refractivity contribution is 0.191. The second-order valence-electron chi connectivity index (χ2n) is 7.98. The maximum Gasteiger partial charge on any atom is 0.317 e. The summed E-state index contributed by atoms with van der Waals surface area (Å²) in [6.45, 7) is 7.88. The molecule has 0 aliphatic carbocycles. The summed E-state index contributed by atoms with van der Waals surface area (Å²) in [7, 11) is 0. The quantitative estimate of drug-likeness (QED) is 0.809. The highest BCUT2D eigenvalue weighted by atomic mass is 16.2. The standard InChI is InChI=1S/C21H29N7O/c1-15(2)24-19-17-14-28(21(29)23-13-16-6-5-8-22-12-16)11-7-18(17)25-20(26-19)27-9-3-4-10-27/h5-6,8,12,15H,3-4,7,9-11,13-14H2,1-2H3,(H,23,29)(H,24,25,26). The molecule has 2 amide bonds. The molecule has 0 spiro atoms. The van der Waals surface area contributed by atoms with Crippen molar-refractivity contribution in [3.8, 4) is 0 Å². The molecule has 2 N–H and O–H groups in total. The van der Waals surface area contributed by atoms with E-state index >= 15 is 0 Å². The van der Waals surface area contributed by atoms with Crippen LogP contribution in [0.25, 0.3) is 0 Å². The highest BCUT2D eigenvalue weighted by Gasteiger charge is 2.27. The number of amides is 2. The van der Waals surface area contributed by atoms with Crippen molar-refractivity contribution in [2.45, 2.75) is 52.2 Å². The normalized spacial score (nSPS) is 16.1. The van der Waals surface area contributed by atoms with E-state index in [4.69, 9.17) is 9.97 Å². The van der Waals surface area contributed by atoms with Gasteiger partial charge < -0.3 is 20.4 Å². The lowest BCUT2D eigenvalue weighted by Gasteiger charge is -2.31. The number of aromatic nitrogens is 3. The molecule has 8 heteroatoms. The fourth-order valence-electron chi connectivity index (χ4n) is 3.82. The smallest absolute Gasteiger partial charge is 0.317 e. The van der Waals surface area contributed by atoms with Gasteiger partial charge in [-0.25, -0.2) is 9.78 Å². The molecule has 4 heterocycles. The van der Waals surface area contributed by atoms with Gasteiger partial charge in [0.15, 0.2) is 0 Å². The molecule has 0 atom stereocenters. The van der Waals surface area contributed by atoms with Gasteiger partial charge in [0, 0.05) is 56.6 Å². The molecule has 2 aromatic rings. The van der Waals surface area contributed by atoms with Crippen LogP contribution in [0, 0.1) is 0 Å². The van der Waals surface area contributed by atoms with Gasteiger partial charge >= 0.3 is 6.03 Å². The summed E-state index contributed by atoms with van der Waals surface area (Å²) in [6.07, 6.45) is 6.62. The molecular formula is C21H29N7O. The van der Waals surface area contributed by atoms with Gasteiger partial charge in [-0.2, -0.15) is 4.98 Å². The van der Waals surface area contributed by atoms with E-state index in [1.165, 1.54) is 12.8 Å². The van der Waals surface area contributed by atoms with Crippen molar-refractivity contribution in [2.24, 2.45) is 0 Å². The molecule has 154 valence electrons. The summed E-state index contributed by atoms with van der Waals surface area (Å²) < 4.78 is 0. The van der Waals surface area contributed by atoms with Gasteiger partial charge in [0.05, 0.1) is 12.2 Å². The molecular weight excluding hydrogens is 366 g/mol. The van der Waals surface area contributed by atoms with Crippen LogP contribution in [0.3, 0.4) is 0 Å². The van der Waals surface area contributed by atoms with Gasteiger partial charge in [-0.3, -0.25) is 4.98 Å². The van der Waals surface area contributed by atoms with Gasteiger partial charge in [0.1, 0.15) is 5.82 Å². The monoisotopic (exact) mass is 395 g/mol. The Kier molecular flexibility index (Phi) is 5.78. The predicted octanol–water partition coefficient (Wildman–Crippen LogP) is 2.56. The Hall–Kier alpha value is -2.90. The molecule has 0 saturated carbocycles. The number of hydrogen-bond donors (Lipinski definition) is 2. The molecule has 2 aliphatic heterocycles. The van der Waals surface area contributed by atoms with Crippen LogP contribution < -0.4 is 15.5 Å². The van der Waals surface area contributed by atoms with Crippen LogP contribution in [-0.2, 0) is 19.5 Å². The van der Waals surface area contributed by atoms with Crippen LogP contribution in [-0.4, -0.2) is 51.6 Å². The highest BCUT2D eigenvalue weighted by molar-refractivity contribution is 5.75. The number of nitrogens with one attached hydrogen (secondary N) is 2. The Bertz CT molecular complexity index is 850. The van der Waals surface area contributed by atoms with Crippen molar-refractivity contribution in [3.63, 3.8) is 0 Å². The lowest BCUT2D eigenvalue weighted by atomic mass is 10.1. The first-order valence-corrected chi connectivity index (χ1v) is 10.4. The molecule has 29 heavy (non-hydrogen) atoms. The van der Waals surface area contributed by atoms with E-state index in [0.717, 1.165) is 48.1 Å². The zero-order chi connectivity index (χ0) is 20.2. The van der Waals surface area contributed by atoms with Crippen molar-refractivity contribution >= 4 is 17.8 Å². The Morgan fingerprint density at radius 2 is 2.03 bits per heavy atom. The van der Waals surface area contributed by atoms with Gasteiger partial charge in [0.2, 0.25) is 5.95 Å². The van der Waals surface area contributed by atoms with E-state index in [0.29, 0.717) is 19.6 Å². The second kappa shape index (κ2) is 8.63. The molecule has 1 saturated heterocycles. The zero-order valence-corrected chi connectivity index (χ0v) is 17.2. The Labute approximate surface area is 171 Å². The Morgan fingerprint density at radius 1 is 1.21 bits per heavy atom. The number of pyridine rings is 1. The van der Waals surface area contributed by atoms with Crippen LogP contribution in [0.1, 0.15) is 43.5 Å². The number of carbonyl (C=O) groups is 1. The van der Waals surface area contributed by atoms with E-state index in [-0.39, 0.29) is 12.1 Å². The summed E-state index contributed by atoms with van der Waals surface area (Å²) in [5.74, 6) is 1.68. The minimum Gasteiger partial charge on any atom is -0.367 e. The highest BCUT2D eigenvalue weighted by Crippen LogP contribution is 2.28. The third-order valence-electron chi connectivity index (χ3n) is 5.32. The van der Waals surface area contributed by atoms with Crippen molar-refractivity contribution in [3.05, 3.63) is 41.3 Å². The van der Waals surface area contributed by atoms with E-state index in [9.17, 15) is 4.79 Å². The largest absolute Gasteiger partial charge is 0.367 e. The van der Waals surface area contributed by atoms with E-state index in [1.54, 1.807) is 12.4 Å². The fraction of sp³-hybridized carbons (Fsp3) is 0.524. The molecule has 2 aromatic heterocycles. The number of rotatable bonds is 5. The van der Waals surface area contributed by atoms with Gasteiger partial charge in [-0.1, -0.05) is 6.07 Å². The van der Waals surface area contributed by atoms with Crippen molar-refractivity contribution in [1.29, 1.82) is 0 Å². The second-order valence-corrected chi connectivity index (χ2v) is 7.98. The van der Waals surface area contributed by atoms with Gasteiger partial charge in [0.25, 0.3) is 0 Å². The van der Waals surface area contributed by atoms with Gasteiger partial charge in [-0.05, 0) is 38.3 Å². The number of anilines is 2. The summed E-state index contributed by atoms with van der Waals surface area (Å²) >= 11 is 0. The number of urea groups is 1. The third kappa shape index (κ3) is 4.58. The first-order chi connectivity index (χ1) is 14.1. The van der Waals surface area contributed by atoms with Crippen molar-refractivity contribution in [2.75, 3.05) is 29.9 Å². The maximum absolute atomic E-state index is 12.7.